The van der Waals surface area contributed by atoms with Gasteiger partial charge in [-0.2, -0.15) is 0 Å². The number of amides is 2. The molecule has 5 nitrogen and oxygen atoms in total. The van der Waals surface area contributed by atoms with Crippen LogP contribution in [-0.4, -0.2) is 31.3 Å². The maximum atomic E-state index is 11.1. The molecule has 18 heavy (non-hydrogen) atoms. The summed E-state index contributed by atoms with van der Waals surface area (Å²) in [6.07, 6.45) is 0. The molecule has 0 heterocycles. The number of anilines is 1. The highest BCUT2D eigenvalue weighted by Gasteiger charge is 2.05. The number of carbonyl (C=O) groups excluding carboxylic acids is 2. The van der Waals surface area contributed by atoms with Crippen LogP contribution in [0.5, 0.6) is 5.75 Å². The number of hydrogen-bond acceptors (Lipinski definition) is 3. The molecule has 0 fully saturated rings. The number of halogens is 1. The fourth-order valence-electron chi connectivity index (χ4n) is 1.27. The molecule has 0 aliphatic carbocycles. The molecule has 0 spiro atoms. The number of carbonyl (C=O) groups is 2. The van der Waals surface area contributed by atoms with Gasteiger partial charge in [0.1, 0.15) is 11.6 Å². The molecule has 1 rings (SSSR count). The predicted molar refractivity (Wildman–Crippen MR) is 70.1 cm³/mol. The molecule has 0 bridgehead atoms. The third-order valence-corrected chi connectivity index (χ3v) is 2.48. The lowest BCUT2D eigenvalue weighted by Gasteiger charge is -2.10. The molecular weight excluding hydrogens is 256 g/mol. The van der Waals surface area contributed by atoms with Crippen LogP contribution < -0.4 is 15.4 Å². The number of ether oxygens (including phenoxy) is 1. The van der Waals surface area contributed by atoms with Gasteiger partial charge in [-0.1, -0.05) is 0 Å². The Hall–Kier alpha value is -1.75. The van der Waals surface area contributed by atoms with Crippen LogP contribution in [0.3, 0.4) is 0 Å². The van der Waals surface area contributed by atoms with Crippen molar-refractivity contribution in [2.45, 2.75) is 6.92 Å². The Morgan fingerprint density at radius 1 is 1.33 bits per heavy atom. The van der Waals surface area contributed by atoms with Crippen molar-refractivity contribution in [1.82, 2.24) is 5.32 Å². The zero-order chi connectivity index (χ0) is 13.5. The normalized spacial score (nSPS) is 9.72. The summed E-state index contributed by atoms with van der Waals surface area (Å²) in [6, 6.07) is 5.13. The number of hydrogen-bond donors (Lipinski definition) is 2. The van der Waals surface area contributed by atoms with Gasteiger partial charge in [0, 0.05) is 12.7 Å². The van der Waals surface area contributed by atoms with E-state index in [1.807, 2.05) is 6.92 Å². The highest BCUT2D eigenvalue weighted by atomic mass is 35.5. The quantitative estimate of drug-likeness (QED) is 0.793. The Kier molecular flexibility index (Phi) is 5.45. The number of alkyl halides is 1. The molecule has 6 heteroatoms. The maximum absolute atomic E-state index is 11.1. The van der Waals surface area contributed by atoms with Crippen LogP contribution in [0, 0.1) is 6.92 Å². The van der Waals surface area contributed by atoms with Gasteiger partial charge in [-0.05, 0) is 30.7 Å². The van der Waals surface area contributed by atoms with Gasteiger partial charge in [0.25, 0.3) is 5.91 Å². The number of benzene rings is 1. The van der Waals surface area contributed by atoms with Crippen molar-refractivity contribution in [3.05, 3.63) is 23.8 Å². The molecule has 2 amide bonds. The first kappa shape index (κ1) is 14.3. The Morgan fingerprint density at radius 3 is 2.61 bits per heavy atom. The second kappa shape index (κ2) is 6.86. The van der Waals surface area contributed by atoms with Crippen LogP contribution in [0.1, 0.15) is 5.56 Å². The summed E-state index contributed by atoms with van der Waals surface area (Å²) in [5.41, 5.74) is 1.51. The topological polar surface area (TPSA) is 67.4 Å². The zero-order valence-corrected chi connectivity index (χ0v) is 11.0. The molecule has 2 N–H and O–H groups in total. The minimum Gasteiger partial charge on any atom is -0.484 e. The summed E-state index contributed by atoms with van der Waals surface area (Å²) < 4.78 is 5.27. The van der Waals surface area contributed by atoms with Gasteiger partial charge in [0.05, 0.1) is 0 Å². The smallest absolute Gasteiger partial charge is 0.257 e. The number of nitrogens with one attached hydrogen (secondary N) is 2. The van der Waals surface area contributed by atoms with Crippen LogP contribution in [0.15, 0.2) is 18.2 Å². The summed E-state index contributed by atoms with van der Waals surface area (Å²) in [5.74, 6) is 0.0138. The van der Waals surface area contributed by atoms with Crippen LogP contribution >= 0.6 is 11.6 Å². The molecule has 0 aliphatic heterocycles. The SMILES string of the molecule is CNC(=O)COc1ccc(NC(=O)CCl)c(C)c1. The molecular formula is C12H15ClN2O3. The molecule has 0 aromatic heterocycles. The summed E-state index contributed by atoms with van der Waals surface area (Å²) in [5, 5.41) is 5.12. The summed E-state index contributed by atoms with van der Waals surface area (Å²) >= 11 is 5.40. The second-order valence-corrected chi connectivity index (χ2v) is 3.89. The average molecular weight is 271 g/mol. The lowest BCUT2D eigenvalue weighted by Crippen LogP contribution is -2.24. The molecule has 0 saturated carbocycles. The molecule has 0 aliphatic rings. The minimum absolute atomic E-state index is 0.0384. The number of aryl methyl sites for hydroxylation is 1. The summed E-state index contributed by atoms with van der Waals surface area (Å²) in [4.78, 5) is 22.2. The average Bonchev–Trinajstić information content (AvgIpc) is 2.38. The van der Waals surface area contributed by atoms with Gasteiger partial charge in [-0.3, -0.25) is 9.59 Å². The lowest BCUT2D eigenvalue weighted by molar-refractivity contribution is -0.122. The third-order valence-electron chi connectivity index (χ3n) is 2.24. The third kappa shape index (κ3) is 4.25. The Balaban J connectivity index is 2.67. The lowest BCUT2D eigenvalue weighted by atomic mass is 10.2. The fourth-order valence-corrected chi connectivity index (χ4v) is 1.34. The summed E-state index contributed by atoms with van der Waals surface area (Å²) in [6.45, 7) is 1.79. The van der Waals surface area contributed by atoms with E-state index < -0.39 is 0 Å². The van der Waals surface area contributed by atoms with E-state index in [1.54, 1.807) is 25.2 Å². The van der Waals surface area contributed by atoms with Gasteiger partial charge in [-0.25, -0.2) is 0 Å². The van der Waals surface area contributed by atoms with Gasteiger partial charge in [-0.15, -0.1) is 11.6 Å². The largest absolute Gasteiger partial charge is 0.484 e. The van der Waals surface area contributed by atoms with Crippen molar-refractivity contribution in [3.8, 4) is 5.75 Å². The first-order valence-corrected chi connectivity index (χ1v) is 5.90. The van der Waals surface area contributed by atoms with Crippen molar-refractivity contribution in [2.75, 3.05) is 24.9 Å². The van der Waals surface area contributed by atoms with Gasteiger partial charge < -0.3 is 15.4 Å². The van der Waals surface area contributed by atoms with Crippen LogP contribution in [0.4, 0.5) is 5.69 Å². The van der Waals surface area contributed by atoms with Crippen molar-refractivity contribution in [2.24, 2.45) is 0 Å². The number of likely N-dealkylation sites (N-methyl/N-ethyl adjacent to an activating group) is 1. The first-order chi connectivity index (χ1) is 8.56. The van der Waals surface area contributed by atoms with E-state index in [0.717, 1.165) is 5.56 Å². The summed E-state index contributed by atoms with van der Waals surface area (Å²) in [7, 11) is 1.54. The highest BCUT2D eigenvalue weighted by molar-refractivity contribution is 6.29. The molecule has 0 atom stereocenters. The fraction of sp³-hybridized carbons (Fsp3) is 0.333. The van der Waals surface area contributed by atoms with E-state index in [4.69, 9.17) is 16.3 Å². The highest BCUT2D eigenvalue weighted by Crippen LogP contribution is 2.21. The second-order valence-electron chi connectivity index (χ2n) is 3.62. The van der Waals surface area contributed by atoms with E-state index in [1.165, 1.54) is 0 Å². The molecule has 1 aromatic rings. The van der Waals surface area contributed by atoms with Crippen molar-refractivity contribution < 1.29 is 14.3 Å². The van der Waals surface area contributed by atoms with Crippen LogP contribution in [0.25, 0.3) is 0 Å². The first-order valence-electron chi connectivity index (χ1n) is 5.36. The van der Waals surface area contributed by atoms with Crippen molar-refractivity contribution >= 4 is 29.1 Å². The van der Waals surface area contributed by atoms with E-state index in [2.05, 4.69) is 10.6 Å². The predicted octanol–water partition coefficient (Wildman–Crippen LogP) is 1.30. The minimum atomic E-state index is -0.265. The Bertz CT molecular complexity index is 449. The van der Waals surface area contributed by atoms with E-state index in [9.17, 15) is 9.59 Å². The van der Waals surface area contributed by atoms with E-state index >= 15 is 0 Å². The van der Waals surface area contributed by atoms with Crippen LogP contribution in [-0.2, 0) is 9.59 Å². The number of rotatable bonds is 5. The monoisotopic (exact) mass is 270 g/mol. The van der Waals surface area contributed by atoms with Gasteiger partial charge in [0.2, 0.25) is 5.91 Å². The maximum Gasteiger partial charge on any atom is 0.257 e. The van der Waals surface area contributed by atoms with Gasteiger partial charge >= 0.3 is 0 Å². The van der Waals surface area contributed by atoms with Gasteiger partial charge in [0.15, 0.2) is 6.61 Å². The molecule has 0 unspecified atom stereocenters. The van der Waals surface area contributed by atoms with Crippen molar-refractivity contribution in [3.63, 3.8) is 0 Å². The van der Waals surface area contributed by atoms with Crippen LogP contribution in [0.2, 0.25) is 0 Å². The van der Waals surface area contributed by atoms with E-state index in [-0.39, 0.29) is 24.3 Å². The Labute approximate surface area is 110 Å². The Morgan fingerprint density at radius 2 is 2.06 bits per heavy atom. The van der Waals surface area contributed by atoms with Crippen molar-refractivity contribution in [1.29, 1.82) is 0 Å². The molecule has 1 aromatic carbocycles. The standard InChI is InChI=1S/C12H15ClN2O3/c1-8-5-9(18-7-12(17)14-2)3-4-10(8)15-11(16)6-13/h3-5H,6-7H2,1-2H3,(H,14,17)(H,15,16). The molecule has 98 valence electrons. The molecule has 0 radical (unpaired) electrons. The van der Waals surface area contributed by atoms with E-state index in [0.29, 0.717) is 11.4 Å². The zero-order valence-electron chi connectivity index (χ0n) is 10.2. The molecule has 0 saturated heterocycles.